The Balaban J connectivity index is 1.76. The first-order valence-corrected chi connectivity index (χ1v) is 7.30. The maximum atomic E-state index is 12.7. The van der Waals surface area contributed by atoms with Gasteiger partial charge in [-0.1, -0.05) is 18.2 Å². The fourth-order valence-corrected chi connectivity index (χ4v) is 4.09. The Morgan fingerprint density at radius 3 is 2.27 bits per heavy atom. The quantitative estimate of drug-likeness (QED) is 0.363. The molecular formula is C16H14N2O4. The number of aryl methyl sites for hydroxylation is 1. The van der Waals surface area contributed by atoms with Crippen LogP contribution in [0.3, 0.4) is 0 Å². The minimum atomic E-state index is -0.490. The molecule has 1 saturated heterocycles. The van der Waals surface area contributed by atoms with Gasteiger partial charge in [0.1, 0.15) is 0 Å². The summed E-state index contributed by atoms with van der Waals surface area (Å²) < 4.78 is 0. The number of amides is 2. The molecule has 0 radical (unpaired) electrons. The van der Waals surface area contributed by atoms with Gasteiger partial charge in [0, 0.05) is 11.6 Å². The van der Waals surface area contributed by atoms with Crippen LogP contribution in [0.5, 0.6) is 0 Å². The van der Waals surface area contributed by atoms with E-state index in [1.807, 2.05) is 12.2 Å². The number of rotatable bonds is 2. The van der Waals surface area contributed by atoms with Crippen molar-refractivity contribution in [3.63, 3.8) is 0 Å². The zero-order valence-electron chi connectivity index (χ0n) is 11.9. The lowest BCUT2D eigenvalue weighted by molar-refractivity contribution is -0.385. The van der Waals surface area contributed by atoms with Crippen molar-refractivity contribution in [2.75, 3.05) is 4.90 Å². The van der Waals surface area contributed by atoms with Crippen molar-refractivity contribution in [2.24, 2.45) is 23.7 Å². The fourth-order valence-electron chi connectivity index (χ4n) is 4.09. The second-order valence-corrected chi connectivity index (χ2v) is 6.24. The number of fused-ring (bicyclic) bond motifs is 5. The third-order valence-corrected chi connectivity index (χ3v) is 5.12. The predicted octanol–water partition coefficient (Wildman–Crippen LogP) is 2.21. The van der Waals surface area contributed by atoms with E-state index in [4.69, 9.17) is 0 Å². The molecule has 0 aromatic heterocycles. The topological polar surface area (TPSA) is 80.5 Å². The van der Waals surface area contributed by atoms with E-state index in [1.54, 1.807) is 19.1 Å². The van der Waals surface area contributed by atoms with E-state index in [1.165, 1.54) is 6.07 Å². The zero-order chi connectivity index (χ0) is 15.6. The number of anilines is 1. The summed E-state index contributed by atoms with van der Waals surface area (Å²) >= 11 is 0. The van der Waals surface area contributed by atoms with Crippen LogP contribution in [0, 0.1) is 40.7 Å². The maximum Gasteiger partial charge on any atom is 0.274 e. The molecule has 2 fully saturated rings. The predicted molar refractivity (Wildman–Crippen MR) is 78.0 cm³/mol. The first-order chi connectivity index (χ1) is 10.5. The van der Waals surface area contributed by atoms with Gasteiger partial charge in [-0.15, -0.1) is 0 Å². The Morgan fingerprint density at radius 2 is 1.73 bits per heavy atom. The first-order valence-electron chi connectivity index (χ1n) is 7.30. The normalized spacial score (nSPS) is 32.0. The van der Waals surface area contributed by atoms with E-state index in [2.05, 4.69) is 0 Å². The highest BCUT2D eigenvalue weighted by atomic mass is 16.6. The second kappa shape index (κ2) is 4.25. The molecule has 0 N–H and O–H groups in total. The highest BCUT2D eigenvalue weighted by Crippen LogP contribution is 2.53. The van der Waals surface area contributed by atoms with E-state index in [0.717, 1.165) is 11.3 Å². The van der Waals surface area contributed by atoms with Gasteiger partial charge in [0.05, 0.1) is 22.4 Å². The maximum absolute atomic E-state index is 12.7. The van der Waals surface area contributed by atoms with Gasteiger partial charge in [-0.3, -0.25) is 19.7 Å². The van der Waals surface area contributed by atoms with Gasteiger partial charge in [-0.05, 0) is 31.2 Å². The Kier molecular flexibility index (Phi) is 2.55. The minimum absolute atomic E-state index is 0.0729. The zero-order valence-corrected chi connectivity index (χ0v) is 11.9. The molecule has 1 aromatic rings. The Bertz CT molecular complexity index is 725. The van der Waals surface area contributed by atoms with E-state index in [-0.39, 0.29) is 41.2 Å². The van der Waals surface area contributed by atoms with Crippen molar-refractivity contribution < 1.29 is 14.5 Å². The van der Waals surface area contributed by atoms with Crippen LogP contribution < -0.4 is 4.90 Å². The largest absolute Gasteiger partial charge is 0.274 e. The van der Waals surface area contributed by atoms with E-state index in [9.17, 15) is 19.7 Å². The number of nitrogens with zero attached hydrogens (tertiary/aromatic N) is 2. The number of benzene rings is 1. The molecule has 2 bridgehead atoms. The second-order valence-electron chi connectivity index (χ2n) is 6.24. The van der Waals surface area contributed by atoms with Gasteiger partial charge >= 0.3 is 0 Å². The summed E-state index contributed by atoms with van der Waals surface area (Å²) in [6.45, 7) is 1.63. The molecule has 1 saturated carbocycles. The van der Waals surface area contributed by atoms with Crippen LogP contribution >= 0.6 is 0 Å². The Labute approximate surface area is 126 Å². The molecule has 4 rings (SSSR count). The Morgan fingerprint density at radius 1 is 1.14 bits per heavy atom. The molecule has 1 heterocycles. The van der Waals surface area contributed by atoms with Crippen LogP contribution in [-0.2, 0) is 9.59 Å². The molecule has 1 aromatic carbocycles. The molecule has 1 aliphatic heterocycles. The molecule has 6 nitrogen and oxygen atoms in total. The first kappa shape index (κ1) is 13.2. The van der Waals surface area contributed by atoms with Gasteiger partial charge in [0.25, 0.3) is 5.69 Å². The third-order valence-electron chi connectivity index (χ3n) is 5.12. The molecule has 3 aliphatic rings. The molecule has 0 unspecified atom stereocenters. The lowest BCUT2D eigenvalue weighted by Crippen LogP contribution is -2.32. The van der Waals surface area contributed by atoms with Crippen molar-refractivity contribution in [3.8, 4) is 0 Å². The summed E-state index contributed by atoms with van der Waals surface area (Å²) in [4.78, 5) is 37.0. The lowest BCUT2D eigenvalue weighted by Gasteiger charge is -2.17. The number of carbonyl (C=O) groups excluding carboxylic acids is 2. The summed E-state index contributed by atoms with van der Waals surface area (Å²) in [6.07, 6.45) is 4.92. The fraction of sp³-hybridized carbons (Fsp3) is 0.375. The molecular weight excluding hydrogens is 284 g/mol. The molecule has 0 spiro atoms. The lowest BCUT2D eigenvalue weighted by atomic mass is 9.85. The van der Waals surface area contributed by atoms with Gasteiger partial charge in [-0.2, -0.15) is 0 Å². The van der Waals surface area contributed by atoms with Crippen LogP contribution in [-0.4, -0.2) is 16.7 Å². The summed E-state index contributed by atoms with van der Waals surface area (Å²) in [7, 11) is 0. The monoisotopic (exact) mass is 298 g/mol. The van der Waals surface area contributed by atoms with Gasteiger partial charge < -0.3 is 0 Å². The number of hydrogen-bond acceptors (Lipinski definition) is 4. The third kappa shape index (κ3) is 1.55. The van der Waals surface area contributed by atoms with Gasteiger partial charge in [0.2, 0.25) is 11.8 Å². The number of nitro groups is 1. The standard InChI is InChI=1S/C16H14N2O4/c1-8-2-5-11(7-12(8)18(21)22)17-15(19)13-9-3-4-10(6-9)14(13)16(17)20/h2-5,7,9-10,13-14H,6H2,1H3/t9-,10+,13-,14+. The van der Waals surface area contributed by atoms with Crippen LogP contribution in [0.4, 0.5) is 11.4 Å². The number of imide groups is 1. The summed E-state index contributed by atoms with van der Waals surface area (Å²) in [5.74, 6) is -0.741. The van der Waals surface area contributed by atoms with Crippen molar-refractivity contribution in [3.05, 3.63) is 46.0 Å². The SMILES string of the molecule is Cc1ccc(N2C(=O)[C@@H]3[C@H](C2=O)[C@@H]2C=C[C@H]3C2)cc1[N+](=O)[O-]. The molecule has 112 valence electrons. The number of allylic oxidation sites excluding steroid dienone is 2. The minimum Gasteiger partial charge on any atom is -0.274 e. The number of hydrogen-bond donors (Lipinski definition) is 0. The van der Waals surface area contributed by atoms with Gasteiger partial charge in [-0.25, -0.2) is 4.90 Å². The molecule has 2 amide bonds. The molecule has 2 aliphatic carbocycles. The van der Waals surface area contributed by atoms with Crippen molar-refractivity contribution in [2.45, 2.75) is 13.3 Å². The van der Waals surface area contributed by atoms with Crippen LogP contribution in [0.25, 0.3) is 0 Å². The van der Waals surface area contributed by atoms with Crippen molar-refractivity contribution >= 4 is 23.2 Å². The molecule has 4 atom stereocenters. The summed E-state index contributed by atoms with van der Waals surface area (Å²) in [6, 6.07) is 4.50. The van der Waals surface area contributed by atoms with E-state index < -0.39 is 4.92 Å². The number of carbonyl (C=O) groups is 2. The smallest absolute Gasteiger partial charge is 0.274 e. The summed E-state index contributed by atoms with van der Waals surface area (Å²) in [5, 5.41) is 11.1. The molecule has 22 heavy (non-hydrogen) atoms. The molecule has 6 heteroatoms. The van der Waals surface area contributed by atoms with Gasteiger partial charge in [0.15, 0.2) is 0 Å². The average molecular weight is 298 g/mol. The highest BCUT2D eigenvalue weighted by Gasteiger charge is 2.59. The van der Waals surface area contributed by atoms with E-state index >= 15 is 0 Å². The average Bonchev–Trinajstić information content (AvgIpc) is 3.14. The van der Waals surface area contributed by atoms with E-state index in [0.29, 0.717) is 11.3 Å². The van der Waals surface area contributed by atoms with Crippen molar-refractivity contribution in [1.29, 1.82) is 0 Å². The van der Waals surface area contributed by atoms with Crippen molar-refractivity contribution in [1.82, 2.24) is 0 Å². The highest BCUT2D eigenvalue weighted by molar-refractivity contribution is 6.22. The van der Waals surface area contributed by atoms with Crippen LogP contribution in [0.15, 0.2) is 30.4 Å². The Hall–Kier alpha value is -2.50. The summed E-state index contributed by atoms with van der Waals surface area (Å²) in [5.41, 5.74) is 0.743. The number of nitro benzene ring substituents is 1. The van der Waals surface area contributed by atoms with Crippen LogP contribution in [0.2, 0.25) is 0 Å². The van der Waals surface area contributed by atoms with Crippen LogP contribution in [0.1, 0.15) is 12.0 Å².